The third kappa shape index (κ3) is 4.69. The average Bonchev–Trinajstić information content (AvgIpc) is 2.97. The summed E-state index contributed by atoms with van der Waals surface area (Å²) >= 11 is 11.5. The lowest BCUT2D eigenvalue weighted by atomic mass is 10.1. The number of hydrogen-bond acceptors (Lipinski definition) is 5. The summed E-state index contributed by atoms with van der Waals surface area (Å²) in [6, 6.07) is 13.9. The van der Waals surface area contributed by atoms with Gasteiger partial charge >= 0.3 is 5.97 Å². The van der Waals surface area contributed by atoms with Gasteiger partial charge in [-0.25, -0.2) is 0 Å². The van der Waals surface area contributed by atoms with Gasteiger partial charge in [0.1, 0.15) is 24.6 Å². The van der Waals surface area contributed by atoms with E-state index in [1.54, 1.807) is 48.6 Å². The molecule has 1 amide bonds. The Bertz CT molecular complexity index is 1000. The summed E-state index contributed by atoms with van der Waals surface area (Å²) in [5.41, 5.74) is 1.57. The highest BCUT2D eigenvalue weighted by atomic mass is 35.5. The van der Waals surface area contributed by atoms with Gasteiger partial charge < -0.3 is 14.4 Å². The molecular formula is C22H19ClN2O4S. The third-order valence-electron chi connectivity index (χ3n) is 4.29. The summed E-state index contributed by atoms with van der Waals surface area (Å²) in [6.45, 7) is 3.83. The van der Waals surface area contributed by atoms with Crippen LogP contribution >= 0.6 is 23.8 Å². The number of rotatable bonds is 7. The molecule has 1 aliphatic rings. The zero-order valence-corrected chi connectivity index (χ0v) is 17.8. The minimum absolute atomic E-state index is 0.183. The van der Waals surface area contributed by atoms with Crippen molar-refractivity contribution in [2.75, 3.05) is 25.2 Å². The number of hydrogen-bond donors (Lipinski definition) is 0. The van der Waals surface area contributed by atoms with E-state index in [-0.39, 0.29) is 23.3 Å². The molecule has 3 rings (SSSR count). The molecule has 0 N–H and O–H groups in total. The topological polar surface area (TPSA) is 59.1 Å². The first-order valence-electron chi connectivity index (χ1n) is 8.98. The van der Waals surface area contributed by atoms with Crippen LogP contribution in [0.4, 0.5) is 5.69 Å². The Labute approximate surface area is 184 Å². The number of carbonyl (C=O) groups excluding carboxylic acids is 2. The first-order valence-corrected chi connectivity index (χ1v) is 9.77. The molecule has 8 heteroatoms. The monoisotopic (exact) mass is 442 g/mol. The number of ether oxygens (including phenoxy) is 2. The predicted octanol–water partition coefficient (Wildman–Crippen LogP) is 4.05. The largest absolute Gasteiger partial charge is 0.490 e. The molecule has 0 aliphatic carbocycles. The second-order valence-electron chi connectivity index (χ2n) is 6.26. The Balaban J connectivity index is 1.96. The highest BCUT2D eigenvalue weighted by Gasteiger charge is 2.40. The molecule has 2 aromatic carbocycles. The van der Waals surface area contributed by atoms with Gasteiger partial charge in [0.2, 0.25) is 0 Å². The van der Waals surface area contributed by atoms with E-state index in [2.05, 4.69) is 6.58 Å². The second-order valence-corrected chi connectivity index (χ2v) is 7.06. The van der Waals surface area contributed by atoms with Crippen LogP contribution in [0.25, 0.3) is 6.08 Å². The van der Waals surface area contributed by atoms with E-state index in [0.29, 0.717) is 23.1 Å². The van der Waals surface area contributed by atoms with Crippen LogP contribution in [0.1, 0.15) is 5.56 Å². The second kappa shape index (κ2) is 9.56. The van der Waals surface area contributed by atoms with Gasteiger partial charge in [0.05, 0.1) is 12.8 Å². The summed E-state index contributed by atoms with van der Waals surface area (Å²) in [4.78, 5) is 28.0. The first kappa shape index (κ1) is 21.5. The summed E-state index contributed by atoms with van der Waals surface area (Å²) < 4.78 is 10.2. The van der Waals surface area contributed by atoms with E-state index in [9.17, 15) is 9.59 Å². The lowest BCUT2D eigenvalue weighted by Gasteiger charge is -2.19. The van der Waals surface area contributed by atoms with Crippen LogP contribution in [0.3, 0.4) is 0 Å². The smallest absolute Gasteiger partial charge is 0.325 e. The summed E-state index contributed by atoms with van der Waals surface area (Å²) in [5.74, 6) is -0.181. The fraction of sp³-hybridized carbons (Fsp3) is 0.136. The molecule has 154 valence electrons. The van der Waals surface area contributed by atoms with Crippen molar-refractivity contribution in [1.29, 1.82) is 0 Å². The molecule has 1 aliphatic heterocycles. The molecule has 1 saturated heterocycles. The number of benzene rings is 2. The summed E-state index contributed by atoms with van der Waals surface area (Å²) in [7, 11) is 1.28. The van der Waals surface area contributed by atoms with Crippen molar-refractivity contribution in [3.63, 3.8) is 0 Å². The maximum atomic E-state index is 13.2. The van der Waals surface area contributed by atoms with Crippen LogP contribution in [0.15, 0.2) is 66.9 Å². The van der Waals surface area contributed by atoms with Crippen molar-refractivity contribution in [1.82, 2.24) is 4.90 Å². The van der Waals surface area contributed by atoms with Gasteiger partial charge in [-0.2, -0.15) is 0 Å². The van der Waals surface area contributed by atoms with Gasteiger partial charge in [-0.15, -0.1) is 0 Å². The summed E-state index contributed by atoms with van der Waals surface area (Å²) in [6.07, 6.45) is 3.33. The highest BCUT2D eigenvalue weighted by molar-refractivity contribution is 7.80. The number of amides is 1. The minimum atomic E-state index is -0.512. The molecule has 0 radical (unpaired) electrons. The zero-order chi connectivity index (χ0) is 21.7. The van der Waals surface area contributed by atoms with E-state index < -0.39 is 5.97 Å². The Morgan fingerprint density at radius 2 is 1.83 bits per heavy atom. The SMILES string of the molecule is C=CCOc1ccc(/C=C2/C(=O)N(c3ccc(Cl)cc3)C(=S)N2CC(=O)OC)cc1. The molecule has 0 bridgehead atoms. The maximum Gasteiger partial charge on any atom is 0.325 e. The van der Waals surface area contributed by atoms with E-state index in [0.717, 1.165) is 5.56 Å². The van der Waals surface area contributed by atoms with Crippen molar-refractivity contribution in [3.05, 3.63) is 77.5 Å². The normalized spacial score (nSPS) is 14.9. The number of esters is 1. The van der Waals surface area contributed by atoms with Gasteiger partial charge in [0.25, 0.3) is 5.91 Å². The van der Waals surface area contributed by atoms with E-state index in [1.165, 1.54) is 16.9 Å². The lowest BCUT2D eigenvalue weighted by molar-refractivity contribution is -0.140. The Kier molecular flexibility index (Phi) is 6.87. The molecule has 0 aromatic heterocycles. The number of nitrogens with zero attached hydrogens (tertiary/aromatic N) is 2. The van der Waals surface area contributed by atoms with Crippen LogP contribution in [0, 0.1) is 0 Å². The third-order valence-corrected chi connectivity index (χ3v) is 4.94. The van der Waals surface area contributed by atoms with Gasteiger partial charge in [0, 0.05) is 5.02 Å². The van der Waals surface area contributed by atoms with E-state index in [1.807, 2.05) is 12.1 Å². The molecule has 0 saturated carbocycles. The molecule has 2 aromatic rings. The number of anilines is 1. The van der Waals surface area contributed by atoms with E-state index >= 15 is 0 Å². The van der Waals surface area contributed by atoms with Crippen molar-refractivity contribution in [3.8, 4) is 5.75 Å². The molecule has 1 fully saturated rings. The van der Waals surface area contributed by atoms with Crippen molar-refractivity contribution in [2.45, 2.75) is 0 Å². The lowest BCUT2D eigenvalue weighted by Crippen LogP contribution is -2.35. The Hall–Kier alpha value is -3.16. The Morgan fingerprint density at radius 1 is 1.17 bits per heavy atom. The number of carbonyl (C=O) groups is 2. The molecule has 0 unspecified atom stereocenters. The van der Waals surface area contributed by atoms with Gasteiger partial charge in [-0.1, -0.05) is 36.4 Å². The average molecular weight is 443 g/mol. The number of methoxy groups -OCH3 is 1. The molecule has 1 heterocycles. The van der Waals surface area contributed by atoms with Crippen molar-refractivity contribution in [2.24, 2.45) is 0 Å². The molecular weight excluding hydrogens is 424 g/mol. The van der Waals surface area contributed by atoms with Crippen LogP contribution < -0.4 is 9.64 Å². The van der Waals surface area contributed by atoms with Crippen LogP contribution in [-0.2, 0) is 14.3 Å². The van der Waals surface area contributed by atoms with Crippen molar-refractivity contribution >= 4 is 52.6 Å². The first-order chi connectivity index (χ1) is 14.4. The molecule has 0 spiro atoms. The molecule has 6 nitrogen and oxygen atoms in total. The molecule has 0 atom stereocenters. The predicted molar refractivity (Wildman–Crippen MR) is 120 cm³/mol. The van der Waals surface area contributed by atoms with E-state index in [4.69, 9.17) is 33.3 Å². The van der Waals surface area contributed by atoms with Crippen LogP contribution in [-0.4, -0.2) is 42.2 Å². The standard InChI is InChI=1S/C22H19ClN2O4S/c1-3-12-29-18-10-4-15(5-11-18)13-19-21(27)25(17-8-6-16(23)7-9-17)22(30)24(19)14-20(26)28-2/h3-11,13H,1,12,14H2,2H3/b19-13-. The fourth-order valence-electron chi connectivity index (χ4n) is 2.82. The maximum absolute atomic E-state index is 13.2. The quantitative estimate of drug-likeness (QED) is 0.279. The highest BCUT2D eigenvalue weighted by Crippen LogP contribution is 2.30. The minimum Gasteiger partial charge on any atom is -0.490 e. The number of thiocarbonyl (C=S) groups is 1. The number of halogens is 1. The van der Waals surface area contributed by atoms with Crippen LogP contribution in [0.5, 0.6) is 5.75 Å². The van der Waals surface area contributed by atoms with Crippen LogP contribution in [0.2, 0.25) is 5.02 Å². The van der Waals surface area contributed by atoms with Gasteiger partial charge in [-0.3, -0.25) is 14.5 Å². The van der Waals surface area contributed by atoms with Gasteiger partial charge in [0.15, 0.2) is 5.11 Å². The van der Waals surface area contributed by atoms with Crippen molar-refractivity contribution < 1.29 is 19.1 Å². The van der Waals surface area contributed by atoms with Gasteiger partial charge in [-0.05, 0) is 60.3 Å². The molecule has 30 heavy (non-hydrogen) atoms. The fourth-order valence-corrected chi connectivity index (χ4v) is 3.30. The summed E-state index contributed by atoms with van der Waals surface area (Å²) in [5, 5.41) is 0.724. The zero-order valence-electron chi connectivity index (χ0n) is 16.2. The Morgan fingerprint density at radius 3 is 2.43 bits per heavy atom.